The molecule has 4 nitrogen and oxygen atoms in total. The highest BCUT2D eigenvalue weighted by molar-refractivity contribution is 5.86. The van der Waals surface area contributed by atoms with E-state index in [1.54, 1.807) is 12.1 Å². The van der Waals surface area contributed by atoms with Gasteiger partial charge < -0.3 is 20.0 Å². The molecule has 146 valence electrons. The van der Waals surface area contributed by atoms with Crippen LogP contribution in [0.1, 0.15) is 33.8 Å². The predicted molar refractivity (Wildman–Crippen MR) is 111 cm³/mol. The SMILES string of the molecule is Cl.O=C([O-])c1ccc(C2CCNCC2OCc2ccc3ccccc3c2)cc1. The van der Waals surface area contributed by atoms with Gasteiger partial charge in [0, 0.05) is 12.5 Å². The van der Waals surface area contributed by atoms with Crippen molar-refractivity contribution in [3.63, 3.8) is 0 Å². The lowest BCUT2D eigenvalue weighted by atomic mass is 9.87. The Balaban J connectivity index is 0.00000225. The molecule has 0 radical (unpaired) electrons. The Kier molecular flexibility index (Phi) is 6.68. The predicted octanol–water partition coefficient (Wildman–Crippen LogP) is 3.29. The molecule has 28 heavy (non-hydrogen) atoms. The Labute approximate surface area is 170 Å². The summed E-state index contributed by atoms with van der Waals surface area (Å²) in [5, 5.41) is 16.8. The number of halogens is 1. The molecule has 0 bridgehead atoms. The van der Waals surface area contributed by atoms with Gasteiger partial charge in [-0.25, -0.2) is 0 Å². The lowest BCUT2D eigenvalue weighted by Gasteiger charge is -2.32. The molecule has 1 saturated heterocycles. The summed E-state index contributed by atoms with van der Waals surface area (Å²) >= 11 is 0. The van der Waals surface area contributed by atoms with Crippen LogP contribution in [0.2, 0.25) is 0 Å². The van der Waals surface area contributed by atoms with Gasteiger partial charge in [0.2, 0.25) is 0 Å². The molecule has 4 rings (SSSR count). The molecule has 0 saturated carbocycles. The lowest BCUT2D eigenvalue weighted by molar-refractivity contribution is -0.255. The number of hydrogen-bond donors (Lipinski definition) is 1. The lowest BCUT2D eigenvalue weighted by Crippen LogP contribution is -2.41. The molecule has 1 heterocycles. The highest BCUT2D eigenvalue weighted by atomic mass is 35.5. The molecule has 2 atom stereocenters. The standard InChI is InChI=1S/C23H23NO3.ClH/c25-23(26)19-9-7-18(8-10-19)21-11-12-24-14-22(21)27-15-16-5-6-17-3-1-2-4-20(17)13-16;/h1-10,13,21-22,24H,11-12,14-15H2,(H,25,26);1H/p-1. The first-order chi connectivity index (χ1) is 13.2. The third-order valence-electron chi connectivity index (χ3n) is 5.28. The van der Waals surface area contributed by atoms with E-state index in [0.29, 0.717) is 6.61 Å². The minimum atomic E-state index is -1.14. The van der Waals surface area contributed by atoms with Crippen molar-refractivity contribution in [2.24, 2.45) is 0 Å². The van der Waals surface area contributed by atoms with E-state index in [1.165, 1.54) is 10.8 Å². The average molecular weight is 397 g/mol. The van der Waals surface area contributed by atoms with E-state index in [4.69, 9.17) is 4.74 Å². The number of fused-ring (bicyclic) bond motifs is 1. The van der Waals surface area contributed by atoms with Crippen LogP contribution in [-0.2, 0) is 11.3 Å². The van der Waals surface area contributed by atoms with Crippen molar-refractivity contribution < 1.29 is 14.6 Å². The van der Waals surface area contributed by atoms with Crippen molar-refractivity contribution in [2.45, 2.75) is 25.0 Å². The van der Waals surface area contributed by atoms with Gasteiger partial charge in [-0.3, -0.25) is 0 Å². The van der Waals surface area contributed by atoms with Crippen LogP contribution in [0.3, 0.4) is 0 Å². The van der Waals surface area contributed by atoms with Crippen LogP contribution in [0.5, 0.6) is 0 Å². The quantitative estimate of drug-likeness (QED) is 0.718. The number of hydrogen-bond acceptors (Lipinski definition) is 4. The van der Waals surface area contributed by atoms with Gasteiger partial charge in [-0.05, 0) is 46.5 Å². The Morgan fingerprint density at radius 3 is 2.54 bits per heavy atom. The van der Waals surface area contributed by atoms with Gasteiger partial charge in [0.05, 0.1) is 18.7 Å². The average Bonchev–Trinajstić information content (AvgIpc) is 2.72. The third-order valence-corrected chi connectivity index (χ3v) is 5.28. The maximum atomic E-state index is 11.0. The molecule has 0 amide bonds. The summed E-state index contributed by atoms with van der Waals surface area (Å²) in [5.41, 5.74) is 2.48. The number of aromatic carboxylic acids is 1. The zero-order chi connectivity index (χ0) is 18.6. The highest BCUT2D eigenvalue weighted by Gasteiger charge is 2.27. The van der Waals surface area contributed by atoms with E-state index in [9.17, 15) is 9.90 Å². The number of piperidine rings is 1. The molecule has 1 N–H and O–H groups in total. The van der Waals surface area contributed by atoms with Gasteiger partial charge in [-0.2, -0.15) is 0 Å². The molecule has 5 heteroatoms. The Morgan fingerprint density at radius 2 is 1.79 bits per heavy atom. The van der Waals surface area contributed by atoms with Crippen molar-refractivity contribution in [1.29, 1.82) is 0 Å². The Morgan fingerprint density at radius 1 is 1.04 bits per heavy atom. The summed E-state index contributed by atoms with van der Waals surface area (Å²) in [7, 11) is 0. The smallest absolute Gasteiger partial charge is 0.0772 e. The van der Waals surface area contributed by atoms with Crippen molar-refractivity contribution in [3.05, 3.63) is 83.4 Å². The van der Waals surface area contributed by atoms with E-state index >= 15 is 0 Å². The van der Waals surface area contributed by atoms with Crippen molar-refractivity contribution in [2.75, 3.05) is 13.1 Å². The first kappa shape index (κ1) is 20.3. The number of carboxylic acid groups (broad SMARTS) is 1. The molecule has 1 aliphatic rings. The van der Waals surface area contributed by atoms with Crippen molar-refractivity contribution in [1.82, 2.24) is 5.32 Å². The van der Waals surface area contributed by atoms with Crippen LogP contribution < -0.4 is 10.4 Å². The zero-order valence-corrected chi connectivity index (χ0v) is 16.3. The maximum absolute atomic E-state index is 11.0. The topological polar surface area (TPSA) is 61.4 Å². The number of ether oxygens (including phenoxy) is 1. The largest absolute Gasteiger partial charge is 0.545 e. The summed E-state index contributed by atoms with van der Waals surface area (Å²) < 4.78 is 6.27. The van der Waals surface area contributed by atoms with E-state index < -0.39 is 5.97 Å². The number of benzene rings is 3. The second kappa shape index (κ2) is 9.20. The number of rotatable bonds is 5. The van der Waals surface area contributed by atoms with Crippen LogP contribution in [0.15, 0.2) is 66.7 Å². The second-order valence-corrected chi connectivity index (χ2v) is 7.04. The molecular weight excluding hydrogens is 374 g/mol. The van der Waals surface area contributed by atoms with Gasteiger partial charge in [0.15, 0.2) is 0 Å². The van der Waals surface area contributed by atoms with Gasteiger partial charge in [-0.15, -0.1) is 12.4 Å². The van der Waals surface area contributed by atoms with Gasteiger partial charge in [0.25, 0.3) is 0 Å². The molecule has 3 aromatic rings. The number of carbonyl (C=O) groups is 1. The van der Waals surface area contributed by atoms with Crippen molar-refractivity contribution >= 4 is 29.1 Å². The number of carboxylic acids is 1. The van der Waals surface area contributed by atoms with E-state index in [1.807, 2.05) is 24.3 Å². The number of nitrogens with one attached hydrogen (secondary N) is 1. The van der Waals surface area contributed by atoms with Gasteiger partial charge >= 0.3 is 0 Å². The summed E-state index contributed by atoms with van der Waals surface area (Å²) in [5.74, 6) is -0.890. The molecule has 0 aliphatic carbocycles. The summed E-state index contributed by atoms with van der Waals surface area (Å²) in [6.07, 6.45) is 1.02. The van der Waals surface area contributed by atoms with Crippen molar-refractivity contribution in [3.8, 4) is 0 Å². The van der Waals surface area contributed by atoms with E-state index in [0.717, 1.165) is 30.6 Å². The molecule has 3 aromatic carbocycles. The maximum Gasteiger partial charge on any atom is 0.0772 e. The molecule has 1 fully saturated rings. The minimum absolute atomic E-state index is 0. The monoisotopic (exact) mass is 396 g/mol. The summed E-state index contributed by atoms with van der Waals surface area (Å²) in [4.78, 5) is 11.0. The second-order valence-electron chi connectivity index (χ2n) is 7.04. The minimum Gasteiger partial charge on any atom is -0.545 e. The Bertz CT molecular complexity index is 942. The highest BCUT2D eigenvalue weighted by Crippen LogP contribution is 2.29. The molecular formula is C23H23ClNO3-. The van der Waals surface area contributed by atoms with E-state index in [2.05, 4.69) is 35.6 Å². The fourth-order valence-corrected chi connectivity index (χ4v) is 3.78. The number of carbonyl (C=O) groups excluding carboxylic acids is 1. The fourth-order valence-electron chi connectivity index (χ4n) is 3.78. The molecule has 1 aliphatic heterocycles. The van der Waals surface area contributed by atoms with E-state index in [-0.39, 0.29) is 30.0 Å². The third kappa shape index (κ3) is 4.53. The summed E-state index contributed by atoms with van der Waals surface area (Å²) in [6, 6.07) is 21.7. The normalized spacial score (nSPS) is 19.1. The first-order valence-electron chi connectivity index (χ1n) is 9.32. The first-order valence-corrected chi connectivity index (χ1v) is 9.32. The zero-order valence-electron chi connectivity index (χ0n) is 15.5. The summed E-state index contributed by atoms with van der Waals surface area (Å²) in [6.45, 7) is 2.29. The van der Waals surface area contributed by atoms with Gasteiger partial charge in [-0.1, -0.05) is 60.7 Å². The Hall–Kier alpha value is -2.40. The molecule has 0 spiro atoms. The van der Waals surface area contributed by atoms with Crippen LogP contribution >= 0.6 is 12.4 Å². The van der Waals surface area contributed by atoms with Crippen LogP contribution in [0.25, 0.3) is 10.8 Å². The molecule has 0 aromatic heterocycles. The van der Waals surface area contributed by atoms with Crippen LogP contribution in [0.4, 0.5) is 0 Å². The van der Waals surface area contributed by atoms with Gasteiger partial charge in [0.1, 0.15) is 0 Å². The van der Waals surface area contributed by atoms with Crippen LogP contribution in [0, 0.1) is 0 Å². The molecule has 2 unspecified atom stereocenters. The fraction of sp³-hybridized carbons (Fsp3) is 0.261. The van der Waals surface area contributed by atoms with Crippen LogP contribution in [-0.4, -0.2) is 25.2 Å².